The van der Waals surface area contributed by atoms with Gasteiger partial charge in [0, 0.05) is 0 Å². The van der Waals surface area contributed by atoms with Crippen LogP contribution in [0.5, 0.6) is 0 Å². The molecule has 19 heavy (non-hydrogen) atoms. The molecule has 0 radical (unpaired) electrons. The SMILES string of the molecule is COC(=O)c1nn(-c2ccc(C#N)cc2)c(Br)c1N. The summed E-state index contributed by atoms with van der Waals surface area (Å²) in [7, 11) is 1.26. The third-order valence-electron chi connectivity index (χ3n) is 2.48. The molecule has 0 fully saturated rings. The fraction of sp³-hybridized carbons (Fsp3) is 0.0833. The summed E-state index contributed by atoms with van der Waals surface area (Å²) in [6.45, 7) is 0. The van der Waals surface area contributed by atoms with Crippen LogP contribution in [0.3, 0.4) is 0 Å². The highest BCUT2D eigenvalue weighted by atomic mass is 79.9. The molecule has 0 aliphatic rings. The Morgan fingerprint density at radius 3 is 2.63 bits per heavy atom. The largest absolute Gasteiger partial charge is 0.464 e. The van der Waals surface area contributed by atoms with Crippen molar-refractivity contribution in [1.29, 1.82) is 5.26 Å². The van der Waals surface area contributed by atoms with Crippen molar-refractivity contribution < 1.29 is 9.53 Å². The fourth-order valence-electron chi connectivity index (χ4n) is 1.51. The molecule has 1 aromatic heterocycles. The summed E-state index contributed by atoms with van der Waals surface area (Å²) in [5.41, 5.74) is 7.24. The molecular formula is C12H9BrN4O2. The Balaban J connectivity index is 2.51. The van der Waals surface area contributed by atoms with Gasteiger partial charge in [-0.25, -0.2) is 9.48 Å². The van der Waals surface area contributed by atoms with E-state index >= 15 is 0 Å². The van der Waals surface area contributed by atoms with E-state index in [1.165, 1.54) is 11.8 Å². The number of carbonyl (C=O) groups excluding carboxylic acids is 1. The first kappa shape index (κ1) is 13.1. The zero-order valence-electron chi connectivity index (χ0n) is 9.92. The van der Waals surface area contributed by atoms with Crippen molar-refractivity contribution in [2.24, 2.45) is 0 Å². The number of nitrogens with two attached hydrogens (primary N) is 1. The van der Waals surface area contributed by atoms with Crippen LogP contribution in [0.4, 0.5) is 5.69 Å². The van der Waals surface area contributed by atoms with E-state index in [0.717, 1.165) is 0 Å². The van der Waals surface area contributed by atoms with Gasteiger partial charge in [0.25, 0.3) is 0 Å². The van der Waals surface area contributed by atoms with Crippen LogP contribution >= 0.6 is 15.9 Å². The van der Waals surface area contributed by atoms with Crippen molar-refractivity contribution >= 4 is 27.6 Å². The summed E-state index contributed by atoms with van der Waals surface area (Å²) in [5, 5.41) is 12.8. The summed E-state index contributed by atoms with van der Waals surface area (Å²) in [6.07, 6.45) is 0. The number of aromatic nitrogens is 2. The summed E-state index contributed by atoms with van der Waals surface area (Å²) >= 11 is 3.27. The number of nitrogens with zero attached hydrogens (tertiary/aromatic N) is 3. The van der Waals surface area contributed by atoms with Gasteiger partial charge in [-0.2, -0.15) is 10.4 Å². The lowest BCUT2D eigenvalue weighted by molar-refractivity contribution is 0.0594. The molecule has 96 valence electrons. The number of hydrogen-bond donors (Lipinski definition) is 1. The minimum Gasteiger partial charge on any atom is -0.464 e. The minimum atomic E-state index is -0.606. The highest BCUT2D eigenvalue weighted by molar-refractivity contribution is 9.10. The quantitative estimate of drug-likeness (QED) is 0.852. The number of hydrogen-bond acceptors (Lipinski definition) is 5. The van der Waals surface area contributed by atoms with Crippen LogP contribution in [0.1, 0.15) is 16.1 Å². The Labute approximate surface area is 117 Å². The van der Waals surface area contributed by atoms with E-state index < -0.39 is 5.97 Å². The number of esters is 1. The van der Waals surface area contributed by atoms with Crippen LogP contribution in [-0.2, 0) is 4.74 Å². The maximum atomic E-state index is 11.5. The van der Waals surface area contributed by atoms with E-state index in [0.29, 0.717) is 15.9 Å². The Hall–Kier alpha value is -2.33. The number of halogens is 1. The highest BCUT2D eigenvalue weighted by Gasteiger charge is 2.20. The van der Waals surface area contributed by atoms with E-state index in [9.17, 15) is 4.79 Å². The molecule has 0 bridgehead atoms. The first-order valence-electron chi connectivity index (χ1n) is 5.21. The van der Waals surface area contributed by atoms with Crippen molar-refractivity contribution in [1.82, 2.24) is 9.78 Å². The second-order valence-corrected chi connectivity index (χ2v) is 4.37. The fourth-order valence-corrected chi connectivity index (χ4v) is 1.98. The second kappa shape index (κ2) is 5.12. The third-order valence-corrected chi connectivity index (χ3v) is 3.25. The topological polar surface area (TPSA) is 93.9 Å². The Bertz CT molecular complexity index is 670. The van der Waals surface area contributed by atoms with Crippen molar-refractivity contribution in [2.75, 3.05) is 12.8 Å². The highest BCUT2D eigenvalue weighted by Crippen LogP contribution is 2.26. The van der Waals surface area contributed by atoms with Crippen molar-refractivity contribution in [3.8, 4) is 11.8 Å². The van der Waals surface area contributed by atoms with Gasteiger partial charge in [-0.1, -0.05) is 0 Å². The molecule has 1 aromatic carbocycles. The number of carbonyl (C=O) groups is 1. The zero-order chi connectivity index (χ0) is 14.0. The van der Waals surface area contributed by atoms with Gasteiger partial charge in [0.05, 0.1) is 24.4 Å². The average molecular weight is 321 g/mol. The Morgan fingerprint density at radius 1 is 1.47 bits per heavy atom. The Kier molecular flexibility index (Phi) is 3.53. The number of nitriles is 1. The first-order valence-corrected chi connectivity index (χ1v) is 6.00. The number of methoxy groups -OCH3 is 1. The first-order chi connectivity index (χ1) is 9.08. The molecule has 0 aliphatic heterocycles. The predicted molar refractivity (Wildman–Crippen MR) is 71.7 cm³/mol. The molecule has 2 rings (SSSR count). The van der Waals surface area contributed by atoms with E-state index in [-0.39, 0.29) is 11.4 Å². The molecule has 0 saturated heterocycles. The van der Waals surface area contributed by atoms with E-state index in [1.54, 1.807) is 24.3 Å². The van der Waals surface area contributed by atoms with Crippen LogP contribution in [0.25, 0.3) is 5.69 Å². The van der Waals surface area contributed by atoms with E-state index in [4.69, 9.17) is 11.0 Å². The normalized spacial score (nSPS) is 9.95. The third kappa shape index (κ3) is 2.30. The van der Waals surface area contributed by atoms with Crippen LogP contribution in [0, 0.1) is 11.3 Å². The van der Waals surface area contributed by atoms with Crippen LogP contribution in [0.15, 0.2) is 28.9 Å². The summed E-state index contributed by atoms with van der Waals surface area (Å²) in [6, 6.07) is 8.73. The summed E-state index contributed by atoms with van der Waals surface area (Å²) in [5.74, 6) is -0.606. The van der Waals surface area contributed by atoms with Crippen molar-refractivity contribution in [3.05, 3.63) is 40.1 Å². The van der Waals surface area contributed by atoms with Crippen molar-refractivity contribution in [2.45, 2.75) is 0 Å². The lowest BCUT2D eigenvalue weighted by Crippen LogP contribution is -2.06. The van der Waals surface area contributed by atoms with Gasteiger partial charge in [-0.3, -0.25) is 0 Å². The van der Waals surface area contributed by atoms with E-state index in [2.05, 4.69) is 25.8 Å². The average Bonchev–Trinajstić information content (AvgIpc) is 2.75. The minimum absolute atomic E-state index is 0.0405. The molecule has 0 atom stereocenters. The van der Waals surface area contributed by atoms with Crippen LogP contribution < -0.4 is 5.73 Å². The van der Waals surface area contributed by atoms with Crippen LogP contribution in [0.2, 0.25) is 0 Å². The van der Waals surface area contributed by atoms with Gasteiger partial charge in [-0.05, 0) is 40.2 Å². The van der Waals surface area contributed by atoms with Gasteiger partial charge >= 0.3 is 5.97 Å². The number of nitrogen functional groups attached to an aromatic ring is 1. The molecule has 0 aliphatic carbocycles. The molecule has 0 unspecified atom stereocenters. The van der Waals surface area contributed by atoms with Gasteiger partial charge in [0.15, 0.2) is 5.69 Å². The van der Waals surface area contributed by atoms with Gasteiger partial charge in [0.1, 0.15) is 10.3 Å². The smallest absolute Gasteiger partial charge is 0.360 e. The van der Waals surface area contributed by atoms with Gasteiger partial charge < -0.3 is 10.5 Å². The molecule has 2 N–H and O–H groups in total. The molecule has 0 amide bonds. The van der Waals surface area contributed by atoms with Crippen LogP contribution in [-0.4, -0.2) is 22.9 Å². The lowest BCUT2D eigenvalue weighted by atomic mass is 10.2. The maximum absolute atomic E-state index is 11.5. The molecule has 7 heteroatoms. The monoisotopic (exact) mass is 320 g/mol. The molecule has 0 spiro atoms. The maximum Gasteiger partial charge on any atom is 0.360 e. The Morgan fingerprint density at radius 2 is 2.11 bits per heavy atom. The number of ether oxygens (including phenoxy) is 1. The standard InChI is InChI=1S/C12H9BrN4O2/c1-19-12(18)10-9(15)11(13)17(16-10)8-4-2-7(6-14)3-5-8/h2-5H,15H2,1H3. The predicted octanol–water partition coefficient (Wildman–Crippen LogP) is 1.88. The number of anilines is 1. The molecule has 1 heterocycles. The zero-order valence-corrected chi connectivity index (χ0v) is 11.5. The molecule has 0 saturated carbocycles. The summed E-state index contributed by atoms with van der Waals surface area (Å²) < 4.78 is 6.52. The van der Waals surface area contributed by atoms with Crippen molar-refractivity contribution in [3.63, 3.8) is 0 Å². The molecular weight excluding hydrogens is 312 g/mol. The number of rotatable bonds is 2. The summed E-state index contributed by atoms with van der Waals surface area (Å²) in [4.78, 5) is 11.5. The molecule has 6 nitrogen and oxygen atoms in total. The number of benzene rings is 1. The second-order valence-electron chi connectivity index (χ2n) is 3.62. The molecule has 2 aromatic rings. The van der Waals surface area contributed by atoms with E-state index in [1.807, 2.05) is 6.07 Å². The van der Waals surface area contributed by atoms with Gasteiger partial charge in [0.2, 0.25) is 0 Å². The van der Waals surface area contributed by atoms with Gasteiger partial charge in [-0.15, -0.1) is 0 Å². The lowest BCUT2D eigenvalue weighted by Gasteiger charge is -2.02.